The van der Waals surface area contributed by atoms with Crippen LogP contribution in [0.1, 0.15) is 76.0 Å². The van der Waals surface area contributed by atoms with E-state index in [0.29, 0.717) is 17.5 Å². The monoisotopic (exact) mass is 1070 g/mol. The molecule has 7 rings (SSSR count). The minimum atomic E-state index is -1.68. The molecule has 0 aliphatic carbocycles. The zero-order chi connectivity index (χ0) is 56.2. The third kappa shape index (κ3) is 14.7. The van der Waals surface area contributed by atoms with Gasteiger partial charge in [-0.1, -0.05) is 80.6 Å². The van der Waals surface area contributed by atoms with E-state index < -0.39 is 114 Å². The molecule has 9 atom stereocenters. The number of nitrogens with one attached hydrogen (secondary N) is 9. The summed E-state index contributed by atoms with van der Waals surface area (Å²) in [6.45, 7) is 4.89. The molecule has 414 valence electrons. The maximum Gasteiger partial charge on any atom is 0.248 e. The van der Waals surface area contributed by atoms with Crippen molar-refractivity contribution in [1.82, 2.24) is 52.1 Å². The van der Waals surface area contributed by atoms with E-state index in [9.17, 15) is 53.1 Å². The first-order chi connectivity index (χ1) is 37.3. The highest BCUT2D eigenvalue weighted by Crippen LogP contribution is 2.24. The Morgan fingerprint density at radius 3 is 1.73 bits per heavy atom. The van der Waals surface area contributed by atoms with Gasteiger partial charge in [0.2, 0.25) is 59.1 Å². The Morgan fingerprint density at radius 2 is 1.15 bits per heavy atom. The molecule has 0 saturated carbocycles. The number of H-pyrrole nitrogens is 2. The number of nitrogens with two attached hydrogens (primary N) is 2. The van der Waals surface area contributed by atoms with Crippen LogP contribution in [0.2, 0.25) is 0 Å². The minimum absolute atomic E-state index is 0.0237. The molecular weight excluding hydrogens is 1000 g/mol. The second-order valence-electron chi connectivity index (χ2n) is 20.4. The van der Waals surface area contributed by atoms with E-state index in [-0.39, 0.29) is 63.3 Å². The molecule has 3 aromatic carbocycles. The van der Waals surface area contributed by atoms with Crippen LogP contribution in [-0.2, 0) is 67.2 Å². The van der Waals surface area contributed by atoms with E-state index in [0.717, 1.165) is 27.4 Å². The summed E-state index contributed by atoms with van der Waals surface area (Å²) < 4.78 is 0. The third-order valence-corrected chi connectivity index (χ3v) is 14.0. The van der Waals surface area contributed by atoms with Gasteiger partial charge in [0.15, 0.2) is 0 Å². The fraction of sp³-hybridized carbons (Fsp3) is 0.418. The van der Waals surface area contributed by atoms with Gasteiger partial charge in [-0.15, -0.1) is 0 Å². The summed E-state index contributed by atoms with van der Waals surface area (Å²) in [5, 5.41) is 31.1. The number of likely N-dealkylation sites (tertiary alicyclic amines) is 1. The van der Waals surface area contributed by atoms with Crippen LogP contribution in [-0.4, -0.2) is 140 Å². The van der Waals surface area contributed by atoms with E-state index in [2.05, 4.69) is 47.2 Å². The van der Waals surface area contributed by atoms with Crippen molar-refractivity contribution in [2.75, 3.05) is 6.54 Å². The second-order valence-corrected chi connectivity index (χ2v) is 20.4. The maximum atomic E-state index is 14.6. The van der Waals surface area contributed by atoms with Gasteiger partial charge in [0.05, 0.1) is 12.5 Å². The molecule has 10 amide bonds. The predicted octanol–water partition coefficient (Wildman–Crippen LogP) is -0.357. The first kappa shape index (κ1) is 57.1. The summed E-state index contributed by atoms with van der Waals surface area (Å²) in [4.78, 5) is 144. The normalized spacial score (nSPS) is 17.9. The first-order valence-electron chi connectivity index (χ1n) is 26.1. The molecule has 0 radical (unpaired) electrons. The number of carbonyl (C=O) groups excluding carboxylic acids is 10. The Balaban J connectivity index is 1.08. The molecule has 0 bridgehead atoms. The van der Waals surface area contributed by atoms with Crippen LogP contribution in [0.4, 0.5) is 0 Å². The fourth-order valence-corrected chi connectivity index (χ4v) is 9.94. The van der Waals surface area contributed by atoms with Gasteiger partial charge in [-0.3, -0.25) is 47.9 Å². The van der Waals surface area contributed by atoms with Gasteiger partial charge in [-0.2, -0.15) is 0 Å². The van der Waals surface area contributed by atoms with Crippen LogP contribution in [0.15, 0.2) is 91.3 Å². The average Bonchev–Trinajstić information content (AvgIpc) is 4.29. The van der Waals surface area contributed by atoms with E-state index in [1.165, 1.54) is 11.8 Å². The van der Waals surface area contributed by atoms with Crippen LogP contribution < -0.4 is 48.7 Å². The van der Waals surface area contributed by atoms with Crippen molar-refractivity contribution in [3.63, 3.8) is 0 Å². The van der Waals surface area contributed by atoms with E-state index in [1.807, 2.05) is 48.5 Å². The number of aromatic amines is 2. The molecule has 2 aliphatic heterocycles. The van der Waals surface area contributed by atoms with Gasteiger partial charge in [0, 0.05) is 66.4 Å². The molecule has 2 aromatic heterocycles. The molecule has 0 unspecified atom stereocenters. The Hall–Kier alpha value is -8.60. The summed E-state index contributed by atoms with van der Waals surface area (Å²) in [6, 6.07) is 12.7. The van der Waals surface area contributed by atoms with E-state index in [4.69, 9.17) is 11.5 Å². The second kappa shape index (κ2) is 26.0. The summed E-state index contributed by atoms with van der Waals surface area (Å²) >= 11 is 0. The van der Waals surface area contributed by atoms with Crippen molar-refractivity contribution in [1.29, 1.82) is 0 Å². The Bertz CT molecular complexity index is 3030. The number of amides is 10. The van der Waals surface area contributed by atoms with Gasteiger partial charge in [0.1, 0.15) is 48.3 Å². The molecule has 14 N–H and O–H groups in total. The average molecular weight is 1070 g/mol. The third-order valence-electron chi connectivity index (χ3n) is 14.0. The number of nitrogens with zero attached hydrogens (tertiary/aromatic N) is 1. The molecule has 2 aliphatic rings. The topological polar surface area (TPSA) is 362 Å². The molecule has 0 spiro atoms. The number of primary amides is 2. The van der Waals surface area contributed by atoms with Crippen molar-refractivity contribution in [2.45, 2.75) is 133 Å². The highest BCUT2D eigenvalue weighted by molar-refractivity contribution is 6.00. The van der Waals surface area contributed by atoms with Gasteiger partial charge < -0.3 is 68.7 Å². The molecule has 23 heteroatoms. The molecule has 2 fully saturated rings. The number of fused-ring (bicyclic) bond motifs is 2. The SMILES string of the molecule is CC(C)C[C@H](NC(=O)[C@@H]1CCC(=O)N1)C(=O)N[C@@H](CC(N)=O)C(=O)N[C@@H](Cc1ccccc1)C(=O)N[C@H](C(=O)N1CCC[C@H]1C(=O)N[C@@H](Cc1c[nH]c2ccccc12)C(=O)N[C@@H](Cc1c[nH]c2ccccc12)C(N)=O)[C@@H](C)O. The van der Waals surface area contributed by atoms with Crippen molar-refractivity contribution >= 4 is 80.9 Å². The highest BCUT2D eigenvalue weighted by Gasteiger charge is 2.42. The number of aromatic nitrogens is 2. The van der Waals surface area contributed by atoms with E-state index >= 15 is 0 Å². The standard InChI is InChI=1S/C55H68N12O11/c1-29(2)22-40(62-49(72)38-19-20-46(70)60-38)50(73)64-43(26-45(56)69)52(75)63-41(23-31-12-5-4-6-13-31)53(76)66-47(30(3)68)55(78)67-21-11-18-44(67)54(77)65-42(25-33-28-59-37-17-10-8-15-35(33)37)51(74)61-39(48(57)71)24-32-27-58-36-16-9-7-14-34(32)36/h4-10,12-17,27-30,38-44,47,58-59,68H,11,18-26H2,1-3H3,(H2,56,69)(H2,57,71)(H,60,70)(H,61,74)(H,62,72)(H,63,75)(H,64,73)(H,65,77)(H,66,76)/t30-,38+,39+,40+,41+,42+,43+,44+,47+/m1/s1. The first-order valence-corrected chi connectivity index (χ1v) is 26.1. The van der Waals surface area contributed by atoms with Gasteiger partial charge in [0.25, 0.3) is 0 Å². The largest absolute Gasteiger partial charge is 0.391 e. The lowest BCUT2D eigenvalue weighted by atomic mass is 10.0. The lowest BCUT2D eigenvalue weighted by Crippen LogP contribution is -2.62. The minimum Gasteiger partial charge on any atom is -0.391 e. The van der Waals surface area contributed by atoms with Crippen LogP contribution >= 0.6 is 0 Å². The number of carbonyl (C=O) groups is 10. The molecule has 78 heavy (non-hydrogen) atoms. The van der Waals surface area contributed by atoms with Crippen LogP contribution in [0.5, 0.6) is 0 Å². The van der Waals surface area contributed by atoms with Crippen LogP contribution in [0.25, 0.3) is 21.8 Å². The molecule has 5 aromatic rings. The Labute approximate surface area is 449 Å². The number of para-hydroxylation sites is 2. The van der Waals surface area contributed by atoms with Crippen molar-refractivity contribution in [3.05, 3.63) is 108 Å². The quantitative estimate of drug-likeness (QED) is 0.0358. The summed E-state index contributed by atoms with van der Waals surface area (Å²) in [5.74, 6) is -7.95. The van der Waals surface area contributed by atoms with E-state index in [1.54, 1.807) is 56.6 Å². The molecule has 4 heterocycles. The highest BCUT2D eigenvalue weighted by atomic mass is 16.3. The molecular formula is C55H68N12O11. The van der Waals surface area contributed by atoms with Gasteiger partial charge in [-0.25, -0.2) is 0 Å². The summed E-state index contributed by atoms with van der Waals surface area (Å²) in [7, 11) is 0. The van der Waals surface area contributed by atoms with Crippen molar-refractivity contribution in [2.24, 2.45) is 17.4 Å². The van der Waals surface area contributed by atoms with Crippen molar-refractivity contribution < 1.29 is 53.1 Å². The number of aliphatic hydroxyl groups excluding tert-OH is 1. The number of benzene rings is 3. The summed E-state index contributed by atoms with van der Waals surface area (Å²) in [5.41, 5.74) is 14.9. The predicted molar refractivity (Wildman–Crippen MR) is 286 cm³/mol. The van der Waals surface area contributed by atoms with Gasteiger partial charge >= 0.3 is 0 Å². The zero-order valence-corrected chi connectivity index (χ0v) is 43.6. The van der Waals surface area contributed by atoms with Gasteiger partial charge in [-0.05, 0) is 67.3 Å². The fourth-order valence-electron chi connectivity index (χ4n) is 9.94. The summed E-state index contributed by atoms with van der Waals surface area (Å²) in [6.07, 6.45) is 1.92. The molecule has 2 saturated heterocycles. The Morgan fingerprint density at radius 1 is 0.628 bits per heavy atom. The lowest BCUT2D eigenvalue weighted by Gasteiger charge is -2.32. The lowest BCUT2D eigenvalue weighted by molar-refractivity contribution is -0.144. The maximum absolute atomic E-state index is 14.6. The number of hydrogen-bond donors (Lipinski definition) is 12. The number of aliphatic hydroxyl groups is 1. The number of rotatable bonds is 25. The molecule has 23 nitrogen and oxygen atoms in total. The van der Waals surface area contributed by atoms with Crippen LogP contribution in [0.3, 0.4) is 0 Å². The zero-order valence-electron chi connectivity index (χ0n) is 43.6. The smallest absolute Gasteiger partial charge is 0.248 e. The van der Waals surface area contributed by atoms with Crippen molar-refractivity contribution in [3.8, 4) is 0 Å². The Kier molecular flexibility index (Phi) is 19.0. The number of hydrogen-bond acceptors (Lipinski definition) is 11. The van der Waals surface area contributed by atoms with Crippen LogP contribution in [0, 0.1) is 5.92 Å².